The summed E-state index contributed by atoms with van der Waals surface area (Å²) < 4.78 is 1.37. The van der Waals surface area contributed by atoms with Crippen molar-refractivity contribution in [3.63, 3.8) is 0 Å². The number of rotatable bonds is 6. The summed E-state index contributed by atoms with van der Waals surface area (Å²) in [5.41, 5.74) is 4.06. The van der Waals surface area contributed by atoms with E-state index >= 15 is 0 Å². The van der Waals surface area contributed by atoms with E-state index < -0.39 is 0 Å². The first-order valence-corrected chi connectivity index (χ1v) is 8.96. The maximum Gasteiger partial charge on any atom is 0.0351 e. The molecule has 0 saturated heterocycles. The van der Waals surface area contributed by atoms with Crippen LogP contribution >= 0.6 is 22.9 Å². The molecule has 0 spiro atoms. The van der Waals surface area contributed by atoms with E-state index in [-0.39, 0.29) is 0 Å². The van der Waals surface area contributed by atoms with Crippen molar-refractivity contribution < 1.29 is 0 Å². The van der Waals surface area contributed by atoms with E-state index in [2.05, 4.69) is 65.7 Å². The molecule has 0 radical (unpaired) electrons. The molecule has 0 bridgehead atoms. The van der Waals surface area contributed by atoms with Gasteiger partial charge >= 0.3 is 0 Å². The summed E-state index contributed by atoms with van der Waals surface area (Å²) in [4.78, 5) is 2.42. The molecular weight excluding hydrogens is 310 g/mol. The molecule has 22 heavy (non-hydrogen) atoms. The highest BCUT2D eigenvalue weighted by atomic mass is 35.5. The Morgan fingerprint density at radius 3 is 2.64 bits per heavy atom. The average molecular weight is 330 g/mol. The van der Waals surface area contributed by atoms with Gasteiger partial charge < -0.3 is 0 Å². The third-order valence-corrected chi connectivity index (χ3v) is 5.03. The van der Waals surface area contributed by atoms with Crippen molar-refractivity contribution in [1.82, 2.24) is 4.90 Å². The maximum absolute atomic E-state index is 6.01. The summed E-state index contributed by atoms with van der Waals surface area (Å²) in [5.74, 6) is 0.661. The highest BCUT2D eigenvalue weighted by molar-refractivity contribution is 7.17. The molecule has 3 rings (SSSR count). The Morgan fingerprint density at radius 1 is 1.05 bits per heavy atom. The van der Waals surface area contributed by atoms with Crippen molar-refractivity contribution in [2.75, 3.05) is 12.4 Å². The maximum atomic E-state index is 6.01. The fourth-order valence-corrected chi connectivity index (χ4v) is 3.91. The van der Waals surface area contributed by atoms with Crippen LogP contribution in [0.3, 0.4) is 0 Å². The van der Waals surface area contributed by atoms with Crippen molar-refractivity contribution in [3.8, 4) is 0 Å². The molecule has 3 aromatic rings. The quantitative estimate of drug-likeness (QED) is 0.543. The molecule has 0 aliphatic carbocycles. The highest BCUT2D eigenvalue weighted by Gasteiger charge is 2.10. The number of benzene rings is 2. The molecule has 0 atom stereocenters. The molecule has 0 N–H and O–H groups in total. The van der Waals surface area contributed by atoms with Gasteiger partial charge in [0.25, 0.3) is 0 Å². The average Bonchev–Trinajstić information content (AvgIpc) is 2.91. The van der Waals surface area contributed by atoms with Crippen LogP contribution in [0.5, 0.6) is 0 Å². The molecule has 1 nitrogen and oxygen atoms in total. The Balaban J connectivity index is 1.81. The molecule has 0 amide bonds. The van der Waals surface area contributed by atoms with Gasteiger partial charge in [0.1, 0.15) is 0 Å². The largest absolute Gasteiger partial charge is 0.294 e. The zero-order chi connectivity index (χ0) is 15.4. The number of alkyl halides is 1. The van der Waals surface area contributed by atoms with Crippen LogP contribution in [0.2, 0.25) is 0 Å². The minimum atomic E-state index is 0.661. The molecule has 0 aliphatic heterocycles. The van der Waals surface area contributed by atoms with E-state index in [1.54, 1.807) is 0 Å². The van der Waals surface area contributed by atoms with Gasteiger partial charge in [-0.3, -0.25) is 4.90 Å². The number of nitrogens with zero attached hydrogens (tertiary/aromatic N) is 1. The van der Waals surface area contributed by atoms with Crippen molar-refractivity contribution in [2.45, 2.75) is 20.0 Å². The van der Waals surface area contributed by atoms with Gasteiger partial charge in [-0.2, -0.15) is 0 Å². The molecule has 3 heteroatoms. The van der Waals surface area contributed by atoms with Crippen molar-refractivity contribution >= 4 is 33.0 Å². The van der Waals surface area contributed by atoms with Gasteiger partial charge in [0, 0.05) is 30.2 Å². The zero-order valence-corrected chi connectivity index (χ0v) is 14.3. The summed E-state index contributed by atoms with van der Waals surface area (Å²) in [5, 5.41) is 3.67. The van der Waals surface area contributed by atoms with Gasteiger partial charge in [0.05, 0.1) is 0 Å². The van der Waals surface area contributed by atoms with Crippen LogP contribution in [0.15, 0.2) is 53.9 Å². The number of halogens is 1. The Labute approximate surface area is 141 Å². The molecule has 1 aromatic heterocycles. The Kier molecular flexibility index (Phi) is 5.14. The first-order chi connectivity index (χ1) is 10.8. The lowest BCUT2D eigenvalue weighted by Crippen LogP contribution is -2.24. The molecule has 0 fully saturated rings. The van der Waals surface area contributed by atoms with Crippen LogP contribution in [0.25, 0.3) is 10.1 Å². The minimum absolute atomic E-state index is 0.661. The number of hydrogen-bond donors (Lipinski definition) is 0. The van der Waals surface area contributed by atoms with Gasteiger partial charge in [0.2, 0.25) is 0 Å². The van der Waals surface area contributed by atoms with Crippen LogP contribution in [0.1, 0.15) is 16.7 Å². The molecule has 1 heterocycles. The van der Waals surface area contributed by atoms with Gasteiger partial charge in [-0.15, -0.1) is 22.9 Å². The second-order valence-corrected chi connectivity index (χ2v) is 6.93. The number of aryl methyl sites for hydroxylation is 1. The summed E-state index contributed by atoms with van der Waals surface area (Å²) in [6.07, 6.45) is 0. The van der Waals surface area contributed by atoms with E-state index in [0.717, 1.165) is 19.6 Å². The normalized spacial score (nSPS) is 11.4. The monoisotopic (exact) mass is 329 g/mol. The molecule has 114 valence electrons. The second-order valence-electron chi connectivity index (χ2n) is 5.65. The van der Waals surface area contributed by atoms with Crippen molar-refractivity contribution in [1.29, 1.82) is 0 Å². The predicted octanol–water partition coefficient (Wildman–Crippen LogP) is 5.45. The third-order valence-electron chi connectivity index (χ3n) is 3.85. The lowest BCUT2D eigenvalue weighted by Gasteiger charge is -2.21. The van der Waals surface area contributed by atoms with Crippen LogP contribution in [0.4, 0.5) is 0 Å². The fourth-order valence-electron chi connectivity index (χ4n) is 2.73. The summed E-state index contributed by atoms with van der Waals surface area (Å²) >= 11 is 7.84. The first-order valence-electron chi connectivity index (χ1n) is 7.55. The zero-order valence-electron chi connectivity index (χ0n) is 12.8. The molecule has 0 unspecified atom stereocenters. The SMILES string of the molecule is Cc1ccc2scc(CN(CCCl)Cc3ccccc3)c2c1. The molecular formula is C19H20ClNS. The van der Waals surface area contributed by atoms with Crippen LogP contribution in [0, 0.1) is 6.92 Å². The molecule has 0 saturated carbocycles. The third kappa shape index (κ3) is 3.70. The van der Waals surface area contributed by atoms with Gasteiger partial charge in [0.15, 0.2) is 0 Å². The summed E-state index contributed by atoms with van der Waals surface area (Å²) in [6, 6.07) is 17.3. The van der Waals surface area contributed by atoms with E-state index in [1.807, 2.05) is 11.3 Å². The van der Waals surface area contributed by atoms with Crippen LogP contribution in [-0.2, 0) is 13.1 Å². The Bertz CT molecular complexity index is 736. The van der Waals surface area contributed by atoms with E-state index in [4.69, 9.17) is 11.6 Å². The van der Waals surface area contributed by atoms with Gasteiger partial charge in [-0.25, -0.2) is 0 Å². The smallest absolute Gasteiger partial charge is 0.0351 e. The summed E-state index contributed by atoms with van der Waals surface area (Å²) in [7, 11) is 0. The number of fused-ring (bicyclic) bond motifs is 1. The van der Waals surface area contributed by atoms with Crippen molar-refractivity contribution in [3.05, 3.63) is 70.6 Å². The van der Waals surface area contributed by atoms with Gasteiger partial charge in [-0.1, -0.05) is 48.0 Å². The minimum Gasteiger partial charge on any atom is -0.294 e. The second kappa shape index (κ2) is 7.28. The fraction of sp³-hybridized carbons (Fsp3) is 0.263. The molecule has 0 aliphatic rings. The lowest BCUT2D eigenvalue weighted by molar-refractivity contribution is 0.274. The van der Waals surface area contributed by atoms with Crippen LogP contribution in [-0.4, -0.2) is 17.3 Å². The van der Waals surface area contributed by atoms with Crippen molar-refractivity contribution in [2.24, 2.45) is 0 Å². The number of hydrogen-bond acceptors (Lipinski definition) is 2. The topological polar surface area (TPSA) is 3.24 Å². The standard InChI is InChI=1S/C19H20ClNS/c1-15-7-8-19-18(11-15)17(14-22-19)13-21(10-9-20)12-16-5-3-2-4-6-16/h2-8,11,14H,9-10,12-13H2,1H3. The summed E-state index contributed by atoms with van der Waals surface area (Å²) in [6.45, 7) is 4.95. The molecule has 2 aromatic carbocycles. The van der Waals surface area contributed by atoms with Crippen LogP contribution < -0.4 is 0 Å². The van der Waals surface area contributed by atoms with E-state index in [9.17, 15) is 0 Å². The Hall–Kier alpha value is -1.35. The highest BCUT2D eigenvalue weighted by Crippen LogP contribution is 2.28. The Morgan fingerprint density at radius 2 is 1.86 bits per heavy atom. The predicted molar refractivity (Wildman–Crippen MR) is 97.8 cm³/mol. The lowest BCUT2D eigenvalue weighted by atomic mass is 10.1. The first kappa shape index (κ1) is 15.5. The van der Waals surface area contributed by atoms with E-state index in [0.29, 0.717) is 5.88 Å². The van der Waals surface area contributed by atoms with Gasteiger partial charge in [-0.05, 0) is 34.9 Å². The van der Waals surface area contributed by atoms with E-state index in [1.165, 1.54) is 26.8 Å². The number of thiophene rings is 1.